The summed E-state index contributed by atoms with van der Waals surface area (Å²) in [6.07, 6.45) is 4.97. The van der Waals surface area contributed by atoms with Crippen molar-refractivity contribution >= 4 is 80.3 Å². The summed E-state index contributed by atoms with van der Waals surface area (Å²) < 4.78 is 0. The molecule has 1 aliphatic carbocycles. The Kier molecular flexibility index (Phi) is 6.62. The zero-order valence-corrected chi connectivity index (χ0v) is 19.7. The van der Waals surface area contributed by atoms with Crippen LogP contribution in [0.15, 0.2) is 23.1 Å². The Morgan fingerprint density at radius 3 is 2.53 bits per heavy atom. The molecule has 1 fully saturated rings. The molecule has 1 aliphatic heterocycles. The summed E-state index contributed by atoms with van der Waals surface area (Å²) in [6.45, 7) is -0.487. The van der Waals surface area contributed by atoms with Crippen molar-refractivity contribution in [2.45, 2.75) is 25.7 Å². The molecule has 2 aromatic rings. The minimum Gasteiger partial charge on any atom is -0.365 e. The first-order valence-corrected chi connectivity index (χ1v) is 12.1. The van der Waals surface area contributed by atoms with Crippen LogP contribution in [-0.4, -0.2) is 34.4 Å². The lowest BCUT2D eigenvalue weighted by Gasteiger charge is -2.13. The maximum Gasteiger partial charge on any atom is 0.294 e. The largest absolute Gasteiger partial charge is 0.365 e. The zero-order valence-electron chi connectivity index (χ0n) is 16.6. The lowest BCUT2D eigenvalue weighted by molar-refractivity contribution is -0.127. The van der Waals surface area contributed by atoms with E-state index in [0.717, 1.165) is 41.0 Å². The Balaban J connectivity index is 1.52. The number of benzene rings is 1. The quantitative estimate of drug-likeness (QED) is 0.567. The van der Waals surface area contributed by atoms with Gasteiger partial charge in [-0.05, 0) is 61.2 Å². The van der Waals surface area contributed by atoms with E-state index in [1.54, 1.807) is 18.2 Å². The van der Waals surface area contributed by atoms with Gasteiger partial charge in [-0.1, -0.05) is 29.3 Å². The van der Waals surface area contributed by atoms with E-state index in [-0.39, 0.29) is 4.91 Å². The molecule has 11 heteroatoms. The molecule has 0 atom stereocenters. The second-order valence-corrected chi connectivity index (χ2v) is 10.1. The van der Waals surface area contributed by atoms with Crippen molar-refractivity contribution in [1.82, 2.24) is 4.90 Å². The Bertz CT molecular complexity index is 1170. The molecule has 1 saturated heterocycles. The minimum atomic E-state index is -0.619. The molecule has 2 heterocycles. The van der Waals surface area contributed by atoms with E-state index in [9.17, 15) is 19.2 Å². The predicted octanol–water partition coefficient (Wildman–Crippen LogP) is 4.71. The minimum absolute atomic E-state index is 0.113. The molecule has 7 nitrogen and oxygen atoms in total. The van der Waals surface area contributed by atoms with Crippen molar-refractivity contribution in [2.24, 2.45) is 5.73 Å². The molecule has 0 bridgehead atoms. The second kappa shape index (κ2) is 9.27. The highest BCUT2D eigenvalue weighted by atomic mass is 35.5. The van der Waals surface area contributed by atoms with Crippen LogP contribution in [0.3, 0.4) is 0 Å². The average Bonchev–Trinajstić information content (AvgIpc) is 3.22. The molecule has 166 valence electrons. The number of carbonyl (C=O) groups is 4. The third-order valence-electron chi connectivity index (χ3n) is 5.12. The summed E-state index contributed by atoms with van der Waals surface area (Å²) in [7, 11) is 0. The summed E-state index contributed by atoms with van der Waals surface area (Å²) in [4.78, 5) is 51.7. The van der Waals surface area contributed by atoms with Crippen molar-refractivity contribution in [3.8, 4) is 0 Å². The van der Waals surface area contributed by atoms with E-state index < -0.39 is 29.5 Å². The summed E-state index contributed by atoms with van der Waals surface area (Å²) in [6, 6.07) is 4.91. The van der Waals surface area contributed by atoms with Crippen LogP contribution in [-0.2, 0) is 22.4 Å². The van der Waals surface area contributed by atoms with Crippen LogP contribution >= 0.6 is 46.3 Å². The Labute approximate surface area is 201 Å². The highest BCUT2D eigenvalue weighted by Gasteiger charge is 2.37. The fraction of sp³-hybridized carbons (Fsp3) is 0.238. The Hall–Kier alpha value is -2.33. The smallest absolute Gasteiger partial charge is 0.294 e. The van der Waals surface area contributed by atoms with Crippen molar-refractivity contribution in [3.05, 3.63) is 54.7 Å². The highest BCUT2D eigenvalue weighted by molar-refractivity contribution is 8.18. The lowest BCUT2D eigenvalue weighted by Crippen LogP contribution is -2.36. The molecule has 32 heavy (non-hydrogen) atoms. The number of halogens is 2. The van der Waals surface area contributed by atoms with Crippen LogP contribution in [0.4, 0.5) is 9.80 Å². The number of hydrogen-bond donors (Lipinski definition) is 2. The molecule has 4 amide bonds. The number of thiophene rings is 1. The maximum absolute atomic E-state index is 12.7. The third kappa shape index (κ3) is 4.43. The van der Waals surface area contributed by atoms with Gasteiger partial charge in [-0.3, -0.25) is 24.1 Å². The van der Waals surface area contributed by atoms with Gasteiger partial charge in [0, 0.05) is 20.5 Å². The van der Waals surface area contributed by atoms with Gasteiger partial charge in [0.05, 0.1) is 10.5 Å². The second-order valence-electron chi connectivity index (χ2n) is 7.23. The Morgan fingerprint density at radius 1 is 1.16 bits per heavy atom. The summed E-state index contributed by atoms with van der Waals surface area (Å²) in [5, 5.41) is 3.11. The van der Waals surface area contributed by atoms with Gasteiger partial charge in [0.15, 0.2) is 0 Å². The number of thioether (sulfide) groups is 1. The monoisotopic (exact) mass is 509 g/mol. The first-order chi connectivity index (χ1) is 15.3. The molecule has 0 radical (unpaired) electrons. The number of aryl methyl sites for hydroxylation is 1. The first kappa shape index (κ1) is 22.8. The average molecular weight is 510 g/mol. The fourth-order valence-corrected chi connectivity index (χ4v) is 6.28. The molecule has 0 spiro atoms. The van der Waals surface area contributed by atoms with Crippen molar-refractivity contribution in [1.29, 1.82) is 0 Å². The van der Waals surface area contributed by atoms with Gasteiger partial charge in [0.2, 0.25) is 5.91 Å². The first-order valence-electron chi connectivity index (χ1n) is 9.70. The number of carbonyl (C=O) groups excluding carboxylic acids is 4. The topological polar surface area (TPSA) is 110 Å². The maximum atomic E-state index is 12.7. The van der Waals surface area contributed by atoms with Crippen LogP contribution in [0.5, 0.6) is 0 Å². The number of nitrogens with two attached hydrogens (primary N) is 1. The number of nitrogens with one attached hydrogen (secondary N) is 1. The van der Waals surface area contributed by atoms with Crippen LogP contribution in [0.1, 0.15) is 39.2 Å². The molecular formula is C21H17Cl2N3O4S2. The van der Waals surface area contributed by atoms with Gasteiger partial charge in [0.25, 0.3) is 17.1 Å². The Morgan fingerprint density at radius 2 is 1.84 bits per heavy atom. The summed E-state index contributed by atoms with van der Waals surface area (Å²) in [5.74, 6) is -1.82. The molecule has 1 aromatic heterocycles. The van der Waals surface area contributed by atoms with Crippen molar-refractivity contribution < 1.29 is 19.2 Å². The number of amides is 4. The molecule has 4 rings (SSSR count). The summed E-state index contributed by atoms with van der Waals surface area (Å²) >= 11 is 14.3. The molecule has 0 saturated carbocycles. The highest BCUT2D eigenvalue weighted by Crippen LogP contribution is 2.38. The van der Waals surface area contributed by atoms with Crippen molar-refractivity contribution in [3.63, 3.8) is 0 Å². The predicted molar refractivity (Wildman–Crippen MR) is 127 cm³/mol. The number of fused-ring (bicyclic) bond motifs is 1. The third-order valence-corrected chi connectivity index (χ3v) is 7.89. The number of rotatable bonds is 5. The van der Waals surface area contributed by atoms with Crippen LogP contribution in [0.2, 0.25) is 10.0 Å². The zero-order chi connectivity index (χ0) is 23.0. The van der Waals surface area contributed by atoms with Gasteiger partial charge >= 0.3 is 0 Å². The number of anilines is 1. The van der Waals surface area contributed by atoms with Gasteiger partial charge in [-0.2, -0.15) is 0 Å². The SMILES string of the molecule is NC(=O)c1c(NC(=O)CN2C(=O)SC(=Cc3c(Cl)cccc3Cl)C2=O)sc2c1CCCC2. The van der Waals surface area contributed by atoms with E-state index in [2.05, 4.69) is 5.32 Å². The molecular weight excluding hydrogens is 493 g/mol. The standard InChI is InChI=1S/C21H17Cl2N3O4S2/c22-12-5-3-6-13(23)11(12)8-15-20(29)26(21(30)32-15)9-16(27)25-19-17(18(24)28)10-4-1-2-7-14(10)31-19/h3,5-6,8H,1-2,4,7,9H2,(H2,24,28)(H,25,27). The number of imide groups is 1. The van der Waals surface area contributed by atoms with Gasteiger partial charge in [-0.15, -0.1) is 11.3 Å². The number of nitrogens with zero attached hydrogens (tertiary/aromatic N) is 1. The van der Waals surface area contributed by atoms with Crippen LogP contribution in [0, 0.1) is 0 Å². The van der Waals surface area contributed by atoms with Gasteiger partial charge in [0.1, 0.15) is 11.5 Å². The normalized spacial score (nSPS) is 17.1. The van der Waals surface area contributed by atoms with Crippen molar-refractivity contribution in [2.75, 3.05) is 11.9 Å². The lowest BCUT2D eigenvalue weighted by atomic mass is 9.95. The van der Waals surface area contributed by atoms with Gasteiger partial charge in [-0.25, -0.2) is 0 Å². The molecule has 1 aromatic carbocycles. The van der Waals surface area contributed by atoms with E-state index in [4.69, 9.17) is 28.9 Å². The van der Waals surface area contributed by atoms with Gasteiger partial charge < -0.3 is 11.1 Å². The van der Waals surface area contributed by atoms with E-state index in [1.807, 2.05) is 0 Å². The van der Waals surface area contributed by atoms with Crippen LogP contribution in [0.25, 0.3) is 6.08 Å². The summed E-state index contributed by atoms with van der Waals surface area (Å²) in [5.41, 5.74) is 7.17. The van der Waals surface area contributed by atoms with Crippen LogP contribution < -0.4 is 11.1 Å². The fourth-order valence-electron chi connectivity index (χ4n) is 3.64. The van der Waals surface area contributed by atoms with E-state index >= 15 is 0 Å². The number of hydrogen-bond acceptors (Lipinski definition) is 6. The van der Waals surface area contributed by atoms with E-state index in [1.165, 1.54) is 17.4 Å². The number of primary amides is 1. The molecule has 3 N–H and O–H groups in total. The molecule has 2 aliphatic rings. The molecule has 0 unspecified atom stereocenters. The van der Waals surface area contributed by atoms with E-state index in [0.29, 0.717) is 37.9 Å².